The van der Waals surface area contributed by atoms with Gasteiger partial charge in [-0.25, -0.2) is 0 Å². The van der Waals surface area contributed by atoms with E-state index in [1.807, 2.05) is 43.0 Å². The molecule has 4 nitrogen and oxygen atoms in total. The summed E-state index contributed by atoms with van der Waals surface area (Å²) in [4.78, 5) is 27.5. The molecule has 2 atom stereocenters. The van der Waals surface area contributed by atoms with E-state index in [-0.39, 0.29) is 41.5 Å². The first-order valence-electron chi connectivity index (χ1n) is 9.57. The number of aryl methyl sites for hydroxylation is 1. The number of carbonyl (C=O) groups is 2. The average Bonchev–Trinajstić information content (AvgIpc) is 2.61. The van der Waals surface area contributed by atoms with Crippen molar-refractivity contribution >= 4 is 24.1 Å². The highest BCUT2D eigenvalue weighted by molar-refractivity contribution is 5.98. The summed E-state index contributed by atoms with van der Waals surface area (Å²) in [5.74, 6) is 0.382. The second-order valence-electron chi connectivity index (χ2n) is 8.13. The molecule has 0 bridgehead atoms. The summed E-state index contributed by atoms with van der Waals surface area (Å²) in [7, 11) is 0. The van der Waals surface area contributed by atoms with E-state index in [0.717, 1.165) is 49.7 Å². The zero-order chi connectivity index (χ0) is 18.0. The Hall–Kier alpha value is -1.39. The molecule has 1 aliphatic heterocycles. The second kappa shape index (κ2) is 8.53. The van der Waals surface area contributed by atoms with Crippen molar-refractivity contribution in [3.05, 3.63) is 35.4 Å². The summed E-state index contributed by atoms with van der Waals surface area (Å²) in [6, 6.07) is 7.79. The molecule has 1 aliphatic carbocycles. The van der Waals surface area contributed by atoms with Gasteiger partial charge in [-0.05, 0) is 39.5 Å². The van der Waals surface area contributed by atoms with Gasteiger partial charge in [0.1, 0.15) is 0 Å². The van der Waals surface area contributed by atoms with Crippen LogP contribution in [0.2, 0.25) is 0 Å². The SMILES string of the molecule is Cc1ccc(C(=O)C2CCN(C(=O)C3CCCCC3(C)N)CC2)cc1.Cl. The molecule has 2 unspecified atom stereocenters. The van der Waals surface area contributed by atoms with Crippen LogP contribution in [-0.4, -0.2) is 35.2 Å². The van der Waals surface area contributed by atoms with Gasteiger partial charge >= 0.3 is 0 Å². The number of hydrogen-bond acceptors (Lipinski definition) is 3. The lowest BCUT2D eigenvalue weighted by Crippen LogP contribution is -2.55. The number of carbonyl (C=O) groups excluding carboxylic acids is 2. The number of nitrogens with zero attached hydrogens (tertiary/aromatic N) is 1. The Morgan fingerprint density at radius 1 is 1.08 bits per heavy atom. The molecule has 1 aromatic carbocycles. The summed E-state index contributed by atoms with van der Waals surface area (Å²) >= 11 is 0. The van der Waals surface area contributed by atoms with Crippen molar-refractivity contribution in [2.24, 2.45) is 17.6 Å². The van der Waals surface area contributed by atoms with Crippen LogP contribution in [-0.2, 0) is 4.79 Å². The van der Waals surface area contributed by atoms with E-state index in [4.69, 9.17) is 5.73 Å². The Morgan fingerprint density at radius 3 is 2.27 bits per heavy atom. The predicted octanol–water partition coefficient (Wildman–Crippen LogP) is 3.75. The molecule has 2 aliphatic rings. The van der Waals surface area contributed by atoms with E-state index < -0.39 is 0 Å². The predicted molar refractivity (Wildman–Crippen MR) is 107 cm³/mol. The third-order valence-corrected chi connectivity index (χ3v) is 6.07. The quantitative estimate of drug-likeness (QED) is 0.815. The molecule has 26 heavy (non-hydrogen) atoms. The molecular weight excluding hydrogens is 348 g/mol. The fourth-order valence-electron chi connectivity index (χ4n) is 4.30. The molecule has 1 saturated carbocycles. The lowest BCUT2D eigenvalue weighted by Gasteiger charge is -2.41. The number of hydrogen-bond donors (Lipinski definition) is 1. The second-order valence-corrected chi connectivity index (χ2v) is 8.13. The molecule has 1 heterocycles. The monoisotopic (exact) mass is 378 g/mol. The minimum Gasteiger partial charge on any atom is -0.342 e. The van der Waals surface area contributed by atoms with Gasteiger partial charge in [-0.3, -0.25) is 9.59 Å². The lowest BCUT2D eigenvalue weighted by molar-refractivity contribution is -0.140. The van der Waals surface area contributed by atoms with E-state index in [1.54, 1.807) is 0 Å². The highest BCUT2D eigenvalue weighted by Gasteiger charge is 2.40. The Balaban J connectivity index is 0.00000243. The number of Topliss-reactive ketones (excluding diaryl/α,β-unsaturated/α-hetero) is 1. The Bertz CT molecular complexity index is 634. The van der Waals surface area contributed by atoms with Gasteiger partial charge in [0, 0.05) is 30.1 Å². The first-order chi connectivity index (χ1) is 11.9. The number of rotatable bonds is 3. The summed E-state index contributed by atoms with van der Waals surface area (Å²) in [5.41, 5.74) is 7.96. The van der Waals surface area contributed by atoms with Gasteiger partial charge in [0.05, 0.1) is 5.92 Å². The molecule has 0 radical (unpaired) electrons. The fraction of sp³-hybridized carbons (Fsp3) is 0.619. The van der Waals surface area contributed by atoms with Gasteiger partial charge in [-0.2, -0.15) is 0 Å². The highest BCUT2D eigenvalue weighted by atomic mass is 35.5. The highest BCUT2D eigenvalue weighted by Crippen LogP contribution is 2.34. The molecule has 1 saturated heterocycles. The van der Waals surface area contributed by atoms with Crippen LogP contribution >= 0.6 is 12.4 Å². The zero-order valence-corrected chi connectivity index (χ0v) is 16.7. The first-order valence-corrected chi connectivity index (χ1v) is 9.57. The van der Waals surface area contributed by atoms with Crippen LogP contribution in [0, 0.1) is 18.8 Å². The van der Waals surface area contributed by atoms with Gasteiger partial charge < -0.3 is 10.6 Å². The number of nitrogens with two attached hydrogens (primary N) is 1. The molecule has 2 N–H and O–H groups in total. The first kappa shape index (κ1) is 20.9. The summed E-state index contributed by atoms with van der Waals surface area (Å²) < 4.78 is 0. The van der Waals surface area contributed by atoms with Crippen LogP contribution in [0.3, 0.4) is 0 Å². The van der Waals surface area contributed by atoms with Gasteiger partial charge in [-0.15, -0.1) is 12.4 Å². The minimum absolute atomic E-state index is 0. The van der Waals surface area contributed by atoms with Gasteiger partial charge in [0.25, 0.3) is 0 Å². The maximum absolute atomic E-state index is 12.9. The van der Waals surface area contributed by atoms with Crippen molar-refractivity contribution in [2.45, 2.75) is 57.9 Å². The molecule has 2 fully saturated rings. The topological polar surface area (TPSA) is 63.4 Å². The largest absolute Gasteiger partial charge is 0.342 e. The van der Waals surface area contributed by atoms with Crippen molar-refractivity contribution in [1.82, 2.24) is 4.90 Å². The summed E-state index contributed by atoms with van der Waals surface area (Å²) in [5, 5.41) is 0. The van der Waals surface area contributed by atoms with E-state index in [9.17, 15) is 9.59 Å². The number of halogens is 1. The third kappa shape index (κ3) is 4.47. The molecule has 0 aromatic heterocycles. The normalized spacial score (nSPS) is 26.9. The number of ketones is 1. The molecule has 5 heteroatoms. The van der Waals surface area contributed by atoms with Gasteiger partial charge in [0.15, 0.2) is 5.78 Å². The van der Waals surface area contributed by atoms with E-state index in [2.05, 4.69) is 0 Å². The van der Waals surface area contributed by atoms with Gasteiger partial charge in [-0.1, -0.05) is 42.7 Å². The maximum Gasteiger partial charge on any atom is 0.227 e. The molecule has 1 aromatic rings. The number of amides is 1. The molecule has 1 amide bonds. The van der Waals surface area contributed by atoms with Crippen LogP contribution in [0.1, 0.15) is 61.4 Å². The zero-order valence-electron chi connectivity index (χ0n) is 15.9. The Kier molecular flexibility index (Phi) is 6.86. The van der Waals surface area contributed by atoms with Crippen molar-refractivity contribution in [3.63, 3.8) is 0 Å². The van der Waals surface area contributed by atoms with E-state index in [0.29, 0.717) is 13.1 Å². The number of piperidine rings is 1. The fourth-order valence-corrected chi connectivity index (χ4v) is 4.30. The standard InChI is InChI=1S/C21H30N2O2.ClH/c1-15-6-8-16(9-7-15)19(24)17-10-13-23(14-11-17)20(25)18-5-3-4-12-21(18,2)22;/h6-9,17-18H,3-5,10-14,22H2,1-2H3;1H. The van der Waals surface area contributed by atoms with Crippen LogP contribution in [0.4, 0.5) is 0 Å². The van der Waals surface area contributed by atoms with E-state index in [1.165, 1.54) is 0 Å². The van der Waals surface area contributed by atoms with Crippen LogP contribution in [0.15, 0.2) is 24.3 Å². The molecular formula is C21H31ClN2O2. The van der Waals surface area contributed by atoms with E-state index >= 15 is 0 Å². The maximum atomic E-state index is 12.9. The minimum atomic E-state index is -0.385. The molecule has 0 spiro atoms. The molecule has 3 rings (SSSR count). The van der Waals surface area contributed by atoms with Crippen LogP contribution < -0.4 is 5.73 Å². The lowest BCUT2D eigenvalue weighted by atomic mass is 9.73. The third-order valence-electron chi connectivity index (χ3n) is 6.07. The van der Waals surface area contributed by atoms with Crippen molar-refractivity contribution in [1.29, 1.82) is 0 Å². The van der Waals surface area contributed by atoms with Crippen LogP contribution in [0.25, 0.3) is 0 Å². The van der Waals surface area contributed by atoms with Crippen molar-refractivity contribution < 1.29 is 9.59 Å². The van der Waals surface area contributed by atoms with Gasteiger partial charge in [0.2, 0.25) is 5.91 Å². The summed E-state index contributed by atoms with van der Waals surface area (Å²) in [6.45, 7) is 5.39. The number of benzene rings is 1. The van der Waals surface area contributed by atoms with Crippen LogP contribution in [0.5, 0.6) is 0 Å². The molecule has 144 valence electrons. The van der Waals surface area contributed by atoms with Crippen molar-refractivity contribution in [2.75, 3.05) is 13.1 Å². The van der Waals surface area contributed by atoms with Crippen molar-refractivity contribution in [3.8, 4) is 0 Å². The number of likely N-dealkylation sites (tertiary alicyclic amines) is 1. The summed E-state index contributed by atoms with van der Waals surface area (Å²) in [6.07, 6.45) is 5.54. The Labute approximate surface area is 162 Å². The smallest absolute Gasteiger partial charge is 0.227 e. The Morgan fingerprint density at radius 2 is 1.69 bits per heavy atom. The average molecular weight is 379 g/mol.